The number of anilines is 1. The van der Waals surface area contributed by atoms with Gasteiger partial charge in [0.1, 0.15) is 5.82 Å². The molecule has 0 saturated carbocycles. The van der Waals surface area contributed by atoms with Crippen LogP contribution < -0.4 is 11.1 Å². The quantitative estimate of drug-likeness (QED) is 0.855. The van der Waals surface area contributed by atoms with Crippen LogP contribution in [0.1, 0.15) is 12.1 Å². The number of aromatic nitrogens is 2. The maximum Gasteiger partial charge on any atom is 0.226 e. The third-order valence-electron chi connectivity index (χ3n) is 2.47. The van der Waals surface area contributed by atoms with E-state index in [9.17, 15) is 4.79 Å². The van der Waals surface area contributed by atoms with Crippen LogP contribution in [0, 0.1) is 6.92 Å². The Bertz CT molecular complexity index is 533. The van der Waals surface area contributed by atoms with Crippen LogP contribution in [0.15, 0.2) is 36.4 Å². The second kappa shape index (κ2) is 5.46. The Morgan fingerprint density at radius 2 is 2.11 bits per heavy atom. The van der Waals surface area contributed by atoms with Crippen molar-refractivity contribution < 1.29 is 4.79 Å². The van der Waals surface area contributed by atoms with Gasteiger partial charge in [-0.2, -0.15) is 5.10 Å². The van der Waals surface area contributed by atoms with Gasteiger partial charge in [0.2, 0.25) is 5.91 Å². The summed E-state index contributed by atoms with van der Waals surface area (Å²) >= 11 is 0. The number of aryl methyl sites for hydroxylation is 1. The molecule has 0 aliphatic heterocycles. The summed E-state index contributed by atoms with van der Waals surface area (Å²) in [4.78, 5) is 11.6. The van der Waals surface area contributed by atoms with Crippen LogP contribution in [0.4, 0.5) is 5.82 Å². The molecular weight excluding hydrogens is 228 g/mol. The smallest absolute Gasteiger partial charge is 0.226 e. The van der Waals surface area contributed by atoms with Crippen molar-refractivity contribution in [2.45, 2.75) is 13.3 Å². The number of hydrogen-bond acceptors (Lipinski definition) is 3. The fraction of sp³-hybridized carbons (Fsp3) is 0.231. The Labute approximate surface area is 106 Å². The van der Waals surface area contributed by atoms with E-state index in [4.69, 9.17) is 5.73 Å². The molecular formula is C13H16N4O. The van der Waals surface area contributed by atoms with Gasteiger partial charge in [0, 0.05) is 19.0 Å². The molecule has 0 saturated heterocycles. The van der Waals surface area contributed by atoms with Crippen molar-refractivity contribution in [1.29, 1.82) is 0 Å². The zero-order chi connectivity index (χ0) is 13.0. The van der Waals surface area contributed by atoms with Gasteiger partial charge in [-0.25, -0.2) is 4.68 Å². The van der Waals surface area contributed by atoms with Crippen molar-refractivity contribution in [2.75, 3.05) is 11.9 Å². The van der Waals surface area contributed by atoms with Gasteiger partial charge in [0.15, 0.2) is 0 Å². The first-order chi connectivity index (χ1) is 8.70. The molecule has 0 radical (unpaired) electrons. The van der Waals surface area contributed by atoms with E-state index in [2.05, 4.69) is 10.4 Å². The molecule has 3 N–H and O–H groups in total. The lowest BCUT2D eigenvalue weighted by Gasteiger charge is -2.08. The van der Waals surface area contributed by atoms with Crippen molar-refractivity contribution in [3.8, 4) is 5.69 Å². The maximum absolute atomic E-state index is 11.6. The Morgan fingerprint density at radius 3 is 2.78 bits per heavy atom. The highest BCUT2D eigenvalue weighted by atomic mass is 16.1. The van der Waals surface area contributed by atoms with Crippen LogP contribution in [-0.2, 0) is 4.79 Å². The number of para-hydroxylation sites is 1. The van der Waals surface area contributed by atoms with Gasteiger partial charge in [0.05, 0.1) is 11.4 Å². The van der Waals surface area contributed by atoms with E-state index in [0.29, 0.717) is 18.8 Å². The van der Waals surface area contributed by atoms with Gasteiger partial charge in [-0.15, -0.1) is 0 Å². The average molecular weight is 244 g/mol. The van der Waals surface area contributed by atoms with E-state index in [0.717, 1.165) is 11.4 Å². The van der Waals surface area contributed by atoms with Gasteiger partial charge in [-0.05, 0) is 19.1 Å². The van der Waals surface area contributed by atoms with E-state index < -0.39 is 0 Å². The first-order valence-corrected chi connectivity index (χ1v) is 5.82. The maximum atomic E-state index is 11.6. The van der Waals surface area contributed by atoms with E-state index in [1.807, 2.05) is 43.3 Å². The lowest BCUT2D eigenvalue weighted by atomic mass is 10.3. The lowest BCUT2D eigenvalue weighted by Crippen LogP contribution is -2.18. The molecule has 1 amide bonds. The highest BCUT2D eigenvalue weighted by Gasteiger charge is 2.09. The molecule has 1 aromatic heterocycles. The van der Waals surface area contributed by atoms with Crippen molar-refractivity contribution >= 4 is 11.7 Å². The average Bonchev–Trinajstić information content (AvgIpc) is 2.71. The fourth-order valence-corrected chi connectivity index (χ4v) is 1.69. The van der Waals surface area contributed by atoms with E-state index in [1.165, 1.54) is 0 Å². The van der Waals surface area contributed by atoms with Crippen LogP contribution in [0.25, 0.3) is 5.69 Å². The minimum absolute atomic E-state index is 0.102. The predicted octanol–water partition coefficient (Wildman–Crippen LogP) is 1.47. The number of carbonyl (C=O) groups excluding carboxylic acids is 1. The van der Waals surface area contributed by atoms with Gasteiger partial charge >= 0.3 is 0 Å². The summed E-state index contributed by atoms with van der Waals surface area (Å²) in [6.45, 7) is 2.22. The molecule has 2 aromatic rings. The van der Waals surface area contributed by atoms with Crippen molar-refractivity contribution in [2.24, 2.45) is 5.73 Å². The Kier molecular flexibility index (Phi) is 3.74. The molecule has 5 nitrogen and oxygen atoms in total. The molecule has 94 valence electrons. The van der Waals surface area contributed by atoms with Crippen molar-refractivity contribution in [3.05, 3.63) is 42.1 Å². The zero-order valence-corrected chi connectivity index (χ0v) is 10.3. The molecule has 0 atom stereocenters. The number of nitrogens with zero attached hydrogens (tertiary/aromatic N) is 2. The van der Waals surface area contributed by atoms with Gasteiger partial charge in [0.25, 0.3) is 0 Å². The fourth-order valence-electron chi connectivity index (χ4n) is 1.69. The Balaban J connectivity index is 2.29. The topological polar surface area (TPSA) is 72.9 Å². The van der Waals surface area contributed by atoms with Gasteiger partial charge in [-0.3, -0.25) is 4.79 Å². The minimum atomic E-state index is -0.102. The first kappa shape index (κ1) is 12.3. The Morgan fingerprint density at radius 1 is 1.39 bits per heavy atom. The standard InChI is InChI=1S/C13H16N4O/c1-10-9-12(15-13(18)7-8-14)17(16-10)11-5-3-2-4-6-11/h2-6,9H,7-8,14H2,1H3,(H,15,18). The van der Waals surface area contributed by atoms with Crippen LogP contribution in [0.3, 0.4) is 0 Å². The SMILES string of the molecule is Cc1cc(NC(=O)CCN)n(-c2ccccc2)n1. The van der Waals surface area contributed by atoms with Crippen LogP contribution >= 0.6 is 0 Å². The number of rotatable bonds is 4. The van der Waals surface area contributed by atoms with Crippen LogP contribution in [0.2, 0.25) is 0 Å². The monoisotopic (exact) mass is 244 g/mol. The molecule has 1 heterocycles. The van der Waals surface area contributed by atoms with E-state index >= 15 is 0 Å². The molecule has 0 spiro atoms. The van der Waals surface area contributed by atoms with Crippen LogP contribution in [-0.4, -0.2) is 22.2 Å². The predicted molar refractivity (Wildman–Crippen MR) is 70.6 cm³/mol. The summed E-state index contributed by atoms with van der Waals surface area (Å²) in [6, 6.07) is 11.5. The van der Waals surface area contributed by atoms with E-state index in [1.54, 1.807) is 4.68 Å². The third kappa shape index (κ3) is 2.75. The molecule has 1 aromatic carbocycles. The molecule has 0 fully saturated rings. The lowest BCUT2D eigenvalue weighted by molar-refractivity contribution is -0.116. The number of amides is 1. The zero-order valence-electron chi connectivity index (χ0n) is 10.3. The number of nitrogens with two attached hydrogens (primary N) is 1. The molecule has 0 aliphatic rings. The molecule has 0 bridgehead atoms. The normalized spacial score (nSPS) is 10.3. The molecule has 0 aliphatic carbocycles. The van der Waals surface area contributed by atoms with E-state index in [-0.39, 0.29) is 5.91 Å². The number of benzene rings is 1. The first-order valence-electron chi connectivity index (χ1n) is 5.82. The van der Waals surface area contributed by atoms with Crippen molar-refractivity contribution in [3.63, 3.8) is 0 Å². The summed E-state index contributed by atoms with van der Waals surface area (Å²) in [5, 5.41) is 7.18. The van der Waals surface area contributed by atoms with Gasteiger partial charge in [-0.1, -0.05) is 18.2 Å². The second-order valence-corrected chi connectivity index (χ2v) is 4.01. The second-order valence-electron chi connectivity index (χ2n) is 4.01. The highest BCUT2D eigenvalue weighted by molar-refractivity contribution is 5.90. The molecule has 2 rings (SSSR count). The summed E-state index contributed by atoms with van der Waals surface area (Å²) in [5.74, 6) is 0.562. The minimum Gasteiger partial charge on any atom is -0.330 e. The van der Waals surface area contributed by atoms with Crippen LogP contribution in [0.5, 0.6) is 0 Å². The molecule has 5 heteroatoms. The molecule has 0 unspecified atom stereocenters. The largest absolute Gasteiger partial charge is 0.330 e. The number of carbonyl (C=O) groups is 1. The molecule has 18 heavy (non-hydrogen) atoms. The Hall–Kier alpha value is -2.14. The number of nitrogens with one attached hydrogen (secondary N) is 1. The summed E-state index contributed by atoms with van der Waals surface area (Å²) in [5.41, 5.74) is 7.11. The third-order valence-corrected chi connectivity index (χ3v) is 2.47. The summed E-state index contributed by atoms with van der Waals surface area (Å²) < 4.78 is 1.71. The number of hydrogen-bond donors (Lipinski definition) is 2. The highest BCUT2D eigenvalue weighted by Crippen LogP contribution is 2.16. The summed E-state index contributed by atoms with van der Waals surface area (Å²) in [7, 11) is 0. The summed E-state index contributed by atoms with van der Waals surface area (Å²) in [6.07, 6.45) is 0.305. The van der Waals surface area contributed by atoms with Gasteiger partial charge < -0.3 is 11.1 Å². The van der Waals surface area contributed by atoms with Crippen molar-refractivity contribution in [1.82, 2.24) is 9.78 Å².